The summed E-state index contributed by atoms with van der Waals surface area (Å²) in [6, 6.07) is 12.1. The molecule has 0 aromatic heterocycles. The number of benzene rings is 2. The average molecular weight is 431 g/mol. The van der Waals surface area contributed by atoms with Gasteiger partial charge in [0.15, 0.2) is 0 Å². The van der Waals surface area contributed by atoms with Gasteiger partial charge >= 0.3 is 0 Å². The molecule has 30 heavy (non-hydrogen) atoms. The summed E-state index contributed by atoms with van der Waals surface area (Å²) in [5.74, 6) is 0.691. The molecule has 6 nitrogen and oxygen atoms in total. The number of hydrogen-bond donors (Lipinski definition) is 1. The van der Waals surface area contributed by atoms with Crippen LogP contribution in [0.3, 0.4) is 0 Å². The van der Waals surface area contributed by atoms with Gasteiger partial charge in [-0.25, -0.2) is 8.42 Å². The van der Waals surface area contributed by atoms with Crippen molar-refractivity contribution in [2.45, 2.75) is 44.4 Å². The van der Waals surface area contributed by atoms with Crippen molar-refractivity contribution >= 4 is 21.6 Å². The van der Waals surface area contributed by atoms with Crippen LogP contribution in [0.4, 0.5) is 5.69 Å². The number of amides is 1. The van der Waals surface area contributed by atoms with Gasteiger partial charge in [0.1, 0.15) is 5.75 Å². The van der Waals surface area contributed by atoms with Gasteiger partial charge < -0.3 is 10.1 Å². The minimum absolute atomic E-state index is 0.111. The van der Waals surface area contributed by atoms with Crippen molar-refractivity contribution in [3.63, 3.8) is 0 Å². The van der Waals surface area contributed by atoms with Crippen LogP contribution < -0.4 is 10.1 Å². The molecule has 3 rings (SSSR count). The van der Waals surface area contributed by atoms with Gasteiger partial charge in [-0.1, -0.05) is 39.0 Å². The summed E-state index contributed by atoms with van der Waals surface area (Å²) >= 11 is 0. The first-order chi connectivity index (χ1) is 14.2. The fourth-order valence-corrected chi connectivity index (χ4v) is 5.20. The molecule has 0 bridgehead atoms. The van der Waals surface area contributed by atoms with Crippen LogP contribution in [0.1, 0.15) is 55.5 Å². The van der Waals surface area contributed by atoms with Gasteiger partial charge in [0.2, 0.25) is 10.0 Å². The first-order valence-electron chi connectivity index (χ1n) is 10.3. The minimum Gasteiger partial charge on any atom is -0.496 e. The standard InChI is InChI=1S/C23H30N2O4S/c1-16(2)19-7-5-6-8-21(19)24-23(26)20-15-18(9-10-22(20)29-4)30(27,28)25-13-11-17(3)12-14-25/h5-10,15-17H,11-14H2,1-4H3,(H,24,26). The van der Waals surface area contributed by atoms with Gasteiger partial charge in [-0.05, 0) is 54.5 Å². The van der Waals surface area contributed by atoms with Gasteiger partial charge in [0.25, 0.3) is 5.91 Å². The molecular weight excluding hydrogens is 400 g/mol. The van der Waals surface area contributed by atoms with Crippen molar-refractivity contribution in [1.82, 2.24) is 4.31 Å². The van der Waals surface area contributed by atoms with Gasteiger partial charge in [-0.3, -0.25) is 4.79 Å². The zero-order valence-corrected chi connectivity index (χ0v) is 18.8. The molecule has 1 N–H and O–H groups in total. The first-order valence-corrected chi connectivity index (χ1v) is 11.8. The first kappa shape index (κ1) is 22.3. The van der Waals surface area contributed by atoms with Crippen LogP contribution >= 0.6 is 0 Å². The van der Waals surface area contributed by atoms with E-state index in [9.17, 15) is 13.2 Å². The summed E-state index contributed by atoms with van der Waals surface area (Å²) in [4.78, 5) is 13.2. The predicted molar refractivity (Wildman–Crippen MR) is 119 cm³/mol. The molecule has 1 saturated heterocycles. The third-order valence-corrected chi connectivity index (χ3v) is 7.52. The molecular formula is C23H30N2O4S. The van der Waals surface area contributed by atoms with E-state index in [1.807, 2.05) is 24.3 Å². The molecule has 0 saturated carbocycles. The summed E-state index contributed by atoms with van der Waals surface area (Å²) in [6.07, 6.45) is 1.68. The lowest BCUT2D eigenvalue weighted by molar-refractivity contribution is 0.102. The number of anilines is 1. The van der Waals surface area contributed by atoms with Gasteiger partial charge in [-0.2, -0.15) is 4.31 Å². The Morgan fingerprint density at radius 2 is 1.80 bits per heavy atom. The molecule has 0 aliphatic carbocycles. The summed E-state index contributed by atoms with van der Waals surface area (Å²) in [5, 5.41) is 2.92. The molecule has 1 aliphatic rings. The van der Waals surface area contributed by atoms with Gasteiger partial charge in [0, 0.05) is 18.8 Å². The summed E-state index contributed by atoms with van der Waals surface area (Å²) in [7, 11) is -2.20. The Hall–Kier alpha value is -2.38. The second kappa shape index (κ2) is 9.18. The number of ether oxygens (including phenoxy) is 1. The number of rotatable bonds is 6. The smallest absolute Gasteiger partial charge is 0.259 e. The molecule has 2 aromatic carbocycles. The molecule has 2 aromatic rings. The van der Waals surface area contributed by atoms with E-state index in [-0.39, 0.29) is 16.4 Å². The maximum atomic E-state index is 13.1. The lowest BCUT2D eigenvalue weighted by Gasteiger charge is -2.29. The Balaban J connectivity index is 1.92. The van der Waals surface area contributed by atoms with Crippen molar-refractivity contribution in [1.29, 1.82) is 0 Å². The number of methoxy groups -OCH3 is 1. The van der Waals surface area contributed by atoms with Crippen molar-refractivity contribution in [2.24, 2.45) is 5.92 Å². The number of carbonyl (C=O) groups excluding carboxylic acids is 1. The number of hydrogen-bond acceptors (Lipinski definition) is 4. The fourth-order valence-electron chi connectivity index (χ4n) is 3.70. The van der Waals surface area contributed by atoms with E-state index in [1.165, 1.54) is 23.5 Å². The van der Waals surface area contributed by atoms with Crippen molar-refractivity contribution in [2.75, 3.05) is 25.5 Å². The molecule has 0 radical (unpaired) electrons. The molecule has 162 valence electrons. The highest BCUT2D eigenvalue weighted by atomic mass is 32.2. The monoisotopic (exact) mass is 430 g/mol. The predicted octanol–water partition coefficient (Wildman–Crippen LogP) is 4.49. The topological polar surface area (TPSA) is 75.7 Å². The highest BCUT2D eigenvalue weighted by molar-refractivity contribution is 7.89. The minimum atomic E-state index is -3.66. The van der Waals surface area contributed by atoms with E-state index in [4.69, 9.17) is 4.74 Å². The maximum absolute atomic E-state index is 13.1. The van der Waals surface area contributed by atoms with Crippen LogP contribution in [-0.2, 0) is 10.0 Å². The quantitative estimate of drug-likeness (QED) is 0.733. The number of piperidine rings is 1. The van der Waals surface area contributed by atoms with Crippen LogP contribution in [0, 0.1) is 5.92 Å². The average Bonchev–Trinajstić information content (AvgIpc) is 2.73. The zero-order valence-electron chi connectivity index (χ0n) is 18.0. The van der Waals surface area contributed by atoms with Crippen LogP contribution in [0.5, 0.6) is 5.75 Å². The highest BCUT2D eigenvalue weighted by Crippen LogP contribution is 2.29. The summed E-state index contributed by atoms with van der Waals surface area (Å²) in [5.41, 5.74) is 1.91. The van der Waals surface area contributed by atoms with E-state index < -0.39 is 15.9 Å². The molecule has 7 heteroatoms. The number of para-hydroxylation sites is 1. The normalized spacial score (nSPS) is 15.9. The van der Waals surface area contributed by atoms with E-state index in [0.29, 0.717) is 30.4 Å². The Kier molecular flexibility index (Phi) is 6.83. The Morgan fingerprint density at radius 3 is 2.43 bits per heavy atom. The molecule has 0 spiro atoms. The van der Waals surface area contributed by atoms with Crippen molar-refractivity contribution < 1.29 is 17.9 Å². The molecule has 1 aliphatic heterocycles. The molecule has 1 fully saturated rings. The lowest BCUT2D eigenvalue weighted by atomic mass is 10.0. The van der Waals surface area contributed by atoms with E-state index in [0.717, 1.165) is 18.4 Å². The molecule has 0 atom stereocenters. The van der Waals surface area contributed by atoms with Crippen molar-refractivity contribution in [3.8, 4) is 5.75 Å². The molecule has 1 amide bonds. The van der Waals surface area contributed by atoms with Crippen molar-refractivity contribution in [3.05, 3.63) is 53.6 Å². The molecule has 1 heterocycles. The maximum Gasteiger partial charge on any atom is 0.259 e. The Labute approximate surface area is 179 Å². The van der Waals surface area contributed by atoms with E-state index in [2.05, 4.69) is 26.1 Å². The Morgan fingerprint density at radius 1 is 1.13 bits per heavy atom. The molecule has 0 unspecified atom stereocenters. The van der Waals surface area contributed by atoms with Crippen LogP contribution in [0.2, 0.25) is 0 Å². The summed E-state index contributed by atoms with van der Waals surface area (Å²) in [6.45, 7) is 7.24. The third-order valence-electron chi connectivity index (χ3n) is 5.63. The SMILES string of the molecule is COc1ccc(S(=O)(=O)N2CCC(C)CC2)cc1C(=O)Nc1ccccc1C(C)C. The van der Waals surface area contributed by atoms with Crippen LogP contribution in [-0.4, -0.2) is 38.8 Å². The number of sulfonamides is 1. The highest BCUT2D eigenvalue weighted by Gasteiger charge is 2.29. The second-order valence-corrected chi connectivity index (χ2v) is 10.1. The number of carbonyl (C=O) groups is 1. The summed E-state index contributed by atoms with van der Waals surface area (Å²) < 4.78 is 33.1. The van der Waals surface area contributed by atoms with E-state index in [1.54, 1.807) is 6.07 Å². The number of nitrogens with one attached hydrogen (secondary N) is 1. The van der Waals surface area contributed by atoms with Gasteiger partial charge in [0.05, 0.1) is 17.6 Å². The third kappa shape index (κ3) is 4.68. The Bertz CT molecular complexity index is 1010. The number of nitrogens with zero attached hydrogens (tertiary/aromatic N) is 1. The van der Waals surface area contributed by atoms with E-state index >= 15 is 0 Å². The second-order valence-electron chi connectivity index (χ2n) is 8.14. The fraction of sp³-hybridized carbons (Fsp3) is 0.435. The lowest BCUT2D eigenvalue weighted by Crippen LogP contribution is -2.37. The zero-order chi connectivity index (χ0) is 21.9. The van der Waals surface area contributed by atoms with Crippen LogP contribution in [0.15, 0.2) is 47.4 Å². The van der Waals surface area contributed by atoms with Crippen LogP contribution in [0.25, 0.3) is 0 Å². The largest absolute Gasteiger partial charge is 0.496 e. The van der Waals surface area contributed by atoms with Gasteiger partial charge in [-0.15, -0.1) is 0 Å².